The van der Waals surface area contributed by atoms with Crippen molar-refractivity contribution in [2.75, 3.05) is 19.6 Å². The normalized spacial score (nSPS) is 23.0. The first kappa shape index (κ1) is 11.6. The van der Waals surface area contributed by atoms with Gasteiger partial charge in [-0.05, 0) is 45.2 Å². The van der Waals surface area contributed by atoms with Crippen molar-refractivity contribution in [2.45, 2.75) is 38.1 Å². The number of amides is 1. The Labute approximate surface area is 97.9 Å². The Kier molecular flexibility index (Phi) is 3.99. The fraction of sp³-hybridized carbons (Fsp3) is 0.769. The molecule has 3 heteroatoms. The minimum absolute atomic E-state index is 0.264. The zero-order valence-corrected chi connectivity index (χ0v) is 9.95. The third-order valence-corrected chi connectivity index (χ3v) is 3.53. The van der Waals surface area contributed by atoms with Crippen molar-refractivity contribution < 1.29 is 4.79 Å². The van der Waals surface area contributed by atoms with Gasteiger partial charge in [0.05, 0.1) is 0 Å². The maximum Gasteiger partial charge on any atom is 0.223 e. The Hall–Kier alpha value is -0.830. The monoisotopic (exact) mass is 222 g/mol. The van der Waals surface area contributed by atoms with Gasteiger partial charge in [0, 0.05) is 18.5 Å². The van der Waals surface area contributed by atoms with Gasteiger partial charge in [-0.15, -0.1) is 6.58 Å². The van der Waals surface area contributed by atoms with E-state index in [9.17, 15) is 4.79 Å². The van der Waals surface area contributed by atoms with Crippen LogP contribution in [0.2, 0.25) is 0 Å². The zero-order chi connectivity index (χ0) is 11.4. The van der Waals surface area contributed by atoms with Gasteiger partial charge < -0.3 is 10.2 Å². The van der Waals surface area contributed by atoms with Gasteiger partial charge in [0.25, 0.3) is 0 Å². The topological polar surface area (TPSA) is 32.3 Å². The third-order valence-electron chi connectivity index (χ3n) is 3.53. The lowest BCUT2D eigenvalue weighted by Gasteiger charge is -2.30. The summed E-state index contributed by atoms with van der Waals surface area (Å²) in [4.78, 5) is 14.3. The second kappa shape index (κ2) is 5.48. The second-order valence-electron chi connectivity index (χ2n) is 4.98. The van der Waals surface area contributed by atoms with E-state index in [2.05, 4.69) is 16.8 Å². The molecule has 0 radical (unpaired) electrons. The number of hydrogen-bond acceptors (Lipinski definition) is 2. The molecule has 1 saturated carbocycles. The van der Waals surface area contributed by atoms with E-state index in [1.165, 1.54) is 12.8 Å². The molecule has 1 N–H and O–H groups in total. The first-order chi connectivity index (χ1) is 7.79. The van der Waals surface area contributed by atoms with Crippen molar-refractivity contribution in [1.82, 2.24) is 10.2 Å². The summed E-state index contributed by atoms with van der Waals surface area (Å²) in [5.74, 6) is 0.562. The molecular weight excluding hydrogens is 200 g/mol. The summed E-state index contributed by atoms with van der Waals surface area (Å²) in [5.41, 5.74) is 0. The molecule has 90 valence electrons. The number of carbonyl (C=O) groups excluding carboxylic acids is 1. The molecule has 0 aromatic carbocycles. The van der Waals surface area contributed by atoms with Crippen LogP contribution in [0.25, 0.3) is 0 Å². The highest BCUT2D eigenvalue weighted by Crippen LogP contribution is 2.22. The average molecular weight is 222 g/mol. The molecule has 0 bridgehead atoms. The third kappa shape index (κ3) is 3.34. The highest BCUT2D eigenvalue weighted by atomic mass is 16.2. The lowest BCUT2D eigenvalue weighted by Crippen LogP contribution is -2.41. The molecule has 0 unspecified atom stereocenters. The molecule has 1 aliphatic carbocycles. The number of piperidine rings is 1. The van der Waals surface area contributed by atoms with E-state index < -0.39 is 0 Å². The molecule has 1 heterocycles. The van der Waals surface area contributed by atoms with Gasteiger partial charge in [0.15, 0.2) is 0 Å². The number of nitrogens with one attached hydrogen (secondary N) is 1. The van der Waals surface area contributed by atoms with Crippen LogP contribution in [-0.4, -0.2) is 36.5 Å². The van der Waals surface area contributed by atoms with Gasteiger partial charge in [-0.25, -0.2) is 0 Å². The van der Waals surface area contributed by atoms with E-state index >= 15 is 0 Å². The van der Waals surface area contributed by atoms with Crippen molar-refractivity contribution in [3.8, 4) is 0 Å². The summed E-state index contributed by atoms with van der Waals surface area (Å²) in [6, 6.07) is 0.506. The van der Waals surface area contributed by atoms with Crippen molar-refractivity contribution in [2.24, 2.45) is 5.92 Å². The first-order valence-corrected chi connectivity index (χ1v) is 6.43. The number of rotatable bonds is 5. The Bertz CT molecular complexity index is 253. The van der Waals surface area contributed by atoms with Crippen molar-refractivity contribution in [3.05, 3.63) is 12.7 Å². The molecule has 2 rings (SSSR count). The van der Waals surface area contributed by atoms with E-state index in [0.29, 0.717) is 11.9 Å². The molecule has 1 aliphatic heterocycles. The molecular formula is C13H22N2O. The summed E-state index contributed by atoms with van der Waals surface area (Å²) in [6.07, 6.45) is 7.43. The van der Waals surface area contributed by atoms with Gasteiger partial charge in [0.2, 0.25) is 5.91 Å². The van der Waals surface area contributed by atoms with Gasteiger partial charge >= 0.3 is 0 Å². The zero-order valence-electron chi connectivity index (χ0n) is 9.95. The van der Waals surface area contributed by atoms with Gasteiger partial charge in [0.1, 0.15) is 0 Å². The molecule has 0 aromatic rings. The molecule has 0 spiro atoms. The maximum absolute atomic E-state index is 11.8. The van der Waals surface area contributed by atoms with Crippen LogP contribution in [0.3, 0.4) is 0 Å². The minimum Gasteiger partial charge on any atom is -0.353 e. The molecule has 0 aromatic heterocycles. The summed E-state index contributed by atoms with van der Waals surface area (Å²) in [7, 11) is 0. The van der Waals surface area contributed by atoms with Crippen LogP contribution in [0.1, 0.15) is 32.1 Å². The molecule has 2 fully saturated rings. The number of carbonyl (C=O) groups is 1. The van der Waals surface area contributed by atoms with Gasteiger partial charge in [-0.1, -0.05) is 6.08 Å². The standard InChI is InChI=1S/C13H22N2O/c1-2-3-8-15-9-6-11(7-10-15)13(16)14-12-4-5-12/h2,11-12H,1,3-10H2,(H,14,16). The van der Waals surface area contributed by atoms with E-state index in [1.54, 1.807) is 0 Å². The molecule has 16 heavy (non-hydrogen) atoms. The van der Waals surface area contributed by atoms with Gasteiger partial charge in [-0.2, -0.15) is 0 Å². The van der Waals surface area contributed by atoms with Crippen molar-refractivity contribution >= 4 is 5.91 Å². The largest absolute Gasteiger partial charge is 0.353 e. The predicted octanol–water partition coefficient (Wildman–Crippen LogP) is 1.55. The number of likely N-dealkylation sites (tertiary alicyclic amines) is 1. The number of hydrogen-bond donors (Lipinski definition) is 1. The Morgan fingerprint density at radius 2 is 2.00 bits per heavy atom. The van der Waals surface area contributed by atoms with Crippen LogP contribution in [0.4, 0.5) is 0 Å². The highest BCUT2D eigenvalue weighted by Gasteiger charge is 2.29. The fourth-order valence-corrected chi connectivity index (χ4v) is 2.24. The predicted molar refractivity (Wildman–Crippen MR) is 65.1 cm³/mol. The van der Waals surface area contributed by atoms with Crippen LogP contribution in [0.15, 0.2) is 12.7 Å². The van der Waals surface area contributed by atoms with Crippen LogP contribution in [0, 0.1) is 5.92 Å². The average Bonchev–Trinajstić information content (AvgIpc) is 3.11. The Morgan fingerprint density at radius 1 is 1.31 bits per heavy atom. The summed E-state index contributed by atoms with van der Waals surface area (Å²) < 4.78 is 0. The molecule has 1 amide bonds. The van der Waals surface area contributed by atoms with Crippen molar-refractivity contribution in [3.63, 3.8) is 0 Å². The number of nitrogens with zero attached hydrogens (tertiary/aromatic N) is 1. The van der Waals surface area contributed by atoms with E-state index in [1.807, 2.05) is 6.08 Å². The molecule has 3 nitrogen and oxygen atoms in total. The fourth-order valence-electron chi connectivity index (χ4n) is 2.24. The molecule has 1 saturated heterocycles. The Morgan fingerprint density at radius 3 is 2.56 bits per heavy atom. The van der Waals surface area contributed by atoms with E-state index in [4.69, 9.17) is 0 Å². The SMILES string of the molecule is C=CCCN1CCC(C(=O)NC2CC2)CC1. The van der Waals surface area contributed by atoms with E-state index in [-0.39, 0.29) is 5.92 Å². The van der Waals surface area contributed by atoms with Crippen LogP contribution in [0.5, 0.6) is 0 Å². The maximum atomic E-state index is 11.8. The van der Waals surface area contributed by atoms with E-state index in [0.717, 1.165) is 38.9 Å². The minimum atomic E-state index is 0.264. The summed E-state index contributed by atoms with van der Waals surface area (Å²) in [5, 5.41) is 3.11. The second-order valence-corrected chi connectivity index (χ2v) is 4.98. The molecule has 2 aliphatic rings. The Balaban J connectivity index is 1.67. The summed E-state index contributed by atoms with van der Waals surface area (Å²) >= 11 is 0. The van der Waals surface area contributed by atoms with Gasteiger partial charge in [-0.3, -0.25) is 4.79 Å². The van der Waals surface area contributed by atoms with Crippen LogP contribution < -0.4 is 5.32 Å². The lowest BCUT2D eigenvalue weighted by atomic mass is 9.96. The smallest absolute Gasteiger partial charge is 0.223 e. The first-order valence-electron chi connectivity index (χ1n) is 6.43. The quantitative estimate of drug-likeness (QED) is 0.716. The highest BCUT2D eigenvalue weighted by molar-refractivity contribution is 5.79. The van der Waals surface area contributed by atoms with Crippen LogP contribution >= 0.6 is 0 Å². The summed E-state index contributed by atoms with van der Waals surface area (Å²) in [6.45, 7) is 6.97. The van der Waals surface area contributed by atoms with Crippen molar-refractivity contribution in [1.29, 1.82) is 0 Å². The lowest BCUT2D eigenvalue weighted by molar-refractivity contribution is -0.126. The molecule has 0 atom stereocenters. The van der Waals surface area contributed by atoms with Crippen LogP contribution in [-0.2, 0) is 4.79 Å².